The Bertz CT molecular complexity index is 2410. The fourth-order valence-corrected chi connectivity index (χ4v) is 8.06. The monoisotopic (exact) mass is 759 g/mol. The van der Waals surface area contributed by atoms with Gasteiger partial charge in [-0.3, -0.25) is 23.6 Å². The molecule has 1 atom stereocenters. The van der Waals surface area contributed by atoms with Crippen LogP contribution in [0.25, 0.3) is 33.4 Å². The standard InChI is InChI=1S/C39H40ClF2N7O5/c1-6-54-38(51)21-15-17-49(18-16-21)28-14-13-22-19-27(44-36(53-5)29(22)28)25-11-7-10-24(31(25)40)23-9-8-12-26(20(23)2)43-33-30-35(46-34(45-33)32(41)42)47(3)39(52)48(4)37(30)50/h7-12,19,21,28,32H,6,13-18H2,1-5H3,(H,43,45,46). The Morgan fingerprint density at radius 3 is 2.41 bits per heavy atom. The molecule has 2 aliphatic rings. The quantitative estimate of drug-likeness (QED) is 0.163. The lowest BCUT2D eigenvalue weighted by molar-refractivity contribution is -0.149. The van der Waals surface area contributed by atoms with Crippen molar-refractivity contribution in [3.63, 3.8) is 0 Å². The van der Waals surface area contributed by atoms with Gasteiger partial charge in [0.2, 0.25) is 5.88 Å². The summed E-state index contributed by atoms with van der Waals surface area (Å²) in [4.78, 5) is 53.4. The lowest BCUT2D eigenvalue weighted by atomic mass is 9.94. The molecule has 1 aliphatic carbocycles. The molecule has 1 unspecified atom stereocenters. The summed E-state index contributed by atoms with van der Waals surface area (Å²) >= 11 is 7.20. The molecule has 0 bridgehead atoms. The zero-order chi connectivity index (χ0) is 38.4. The number of aryl methyl sites for hydroxylation is 2. The molecule has 1 fully saturated rings. The molecule has 3 aromatic heterocycles. The Morgan fingerprint density at radius 2 is 1.70 bits per heavy atom. The Kier molecular flexibility index (Phi) is 10.2. The molecule has 2 aromatic carbocycles. The van der Waals surface area contributed by atoms with Gasteiger partial charge >= 0.3 is 11.7 Å². The fourth-order valence-electron chi connectivity index (χ4n) is 7.74. The van der Waals surface area contributed by atoms with E-state index < -0.39 is 23.5 Å². The first-order valence-electron chi connectivity index (χ1n) is 17.8. The number of halogens is 3. The maximum atomic E-state index is 13.9. The van der Waals surface area contributed by atoms with Crippen LogP contribution < -0.4 is 21.3 Å². The van der Waals surface area contributed by atoms with Gasteiger partial charge in [0.1, 0.15) is 11.2 Å². The minimum atomic E-state index is -3.05. The Hall–Kier alpha value is -5.21. The smallest absolute Gasteiger partial charge is 0.332 e. The minimum Gasteiger partial charge on any atom is -0.481 e. The molecule has 15 heteroatoms. The van der Waals surface area contributed by atoms with E-state index in [9.17, 15) is 23.2 Å². The number of alkyl halides is 2. The predicted octanol–water partition coefficient (Wildman–Crippen LogP) is 6.67. The van der Waals surface area contributed by atoms with E-state index in [0.29, 0.717) is 45.6 Å². The molecule has 0 amide bonds. The van der Waals surface area contributed by atoms with E-state index in [0.717, 1.165) is 64.6 Å². The van der Waals surface area contributed by atoms with Crippen LogP contribution in [0, 0.1) is 12.8 Å². The molecule has 1 saturated heterocycles. The molecule has 0 saturated carbocycles. The number of pyridine rings is 1. The van der Waals surface area contributed by atoms with Crippen LogP contribution in [0.2, 0.25) is 5.02 Å². The van der Waals surface area contributed by atoms with Gasteiger partial charge in [0.15, 0.2) is 11.5 Å². The minimum absolute atomic E-state index is 0.0739. The highest BCUT2D eigenvalue weighted by Crippen LogP contribution is 2.45. The van der Waals surface area contributed by atoms with E-state index in [4.69, 9.17) is 26.1 Å². The summed E-state index contributed by atoms with van der Waals surface area (Å²) < 4.78 is 40.9. The number of rotatable bonds is 9. The van der Waals surface area contributed by atoms with Crippen LogP contribution in [0.3, 0.4) is 0 Å². The van der Waals surface area contributed by atoms with Gasteiger partial charge in [-0.2, -0.15) is 0 Å². The van der Waals surface area contributed by atoms with Crippen molar-refractivity contribution in [3.05, 3.63) is 90.8 Å². The Labute approximate surface area is 314 Å². The topological polar surface area (TPSA) is 133 Å². The van der Waals surface area contributed by atoms with E-state index in [2.05, 4.69) is 26.3 Å². The molecule has 0 radical (unpaired) electrons. The fraction of sp³-hybridized carbons (Fsp3) is 0.385. The molecular weight excluding hydrogens is 720 g/mol. The molecule has 12 nitrogen and oxygen atoms in total. The first kappa shape index (κ1) is 37.1. The highest BCUT2D eigenvalue weighted by atomic mass is 35.5. The van der Waals surface area contributed by atoms with Gasteiger partial charge in [-0.1, -0.05) is 41.9 Å². The number of anilines is 2. The molecule has 5 aromatic rings. The number of hydrogen-bond acceptors (Lipinski definition) is 10. The molecular formula is C39H40ClF2N7O5. The van der Waals surface area contributed by atoms with E-state index >= 15 is 0 Å². The largest absolute Gasteiger partial charge is 0.481 e. The molecule has 0 spiro atoms. The Balaban J connectivity index is 1.22. The average molecular weight is 760 g/mol. The number of nitrogens with zero attached hydrogens (tertiary/aromatic N) is 6. The van der Waals surface area contributed by atoms with Crippen molar-refractivity contribution in [2.45, 2.75) is 52.0 Å². The number of piperidine rings is 1. The summed E-state index contributed by atoms with van der Waals surface area (Å²) in [5, 5.41) is 3.43. The van der Waals surface area contributed by atoms with Crippen LogP contribution >= 0.6 is 11.6 Å². The number of ether oxygens (including phenoxy) is 2. The number of likely N-dealkylation sites (tertiary alicyclic amines) is 1. The second-order valence-corrected chi connectivity index (χ2v) is 14.0. The zero-order valence-corrected chi connectivity index (χ0v) is 31.3. The number of hydrogen-bond donors (Lipinski definition) is 1. The number of aromatic nitrogens is 5. The van der Waals surface area contributed by atoms with Crippen LogP contribution in [0.4, 0.5) is 20.3 Å². The molecule has 1 N–H and O–H groups in total. The van der Waals surface area contributed by atoms with Crippen LogP contribution in [-0.4, -0.2) is 61.8 Å². The number of benzene rings is 2. The number of methoxy groups -OCH3 is 1. The average Bonchev–Trinajstić information content (AvgIpc) is 3.61. The summed E-state index contributed by atoms with van der Waals surface area (Å²) in [5.74, 6) is -0.614. The van der Waals surface area contributed by atoms with Crippen molar-refractivity contribution in [3.8, 4) is 28.3 Å². The van der Waals surface area contributed by atoms with Crippen LogP contribution in [0.5, 0.6) is 5.88 Å². The van der Waals surface area contributed by atoms with Crippen LogP contribution in [-0.2, 0) is 30.0 Å². The van der Waals surface area contributed by atoms with E-state index in [-0.39, 0.29) is 34.8 Å². The van der Waals surface area contributed by atoms with Crippen molar-refractivity contribution in [2.24, 2.45) is 20.0 Å². The summed E-state index contributed by atoms with van der Waals surface area (Å²) in [5.41, 5.74) is 4.61. The van der Waals surface area contributed by atoms with Gasteiger partial charge in [-0.05, 0) is 81.4 Å². The number of carbonyl (C=O) groups excluding carboxylic acids is 1. The number of carbonyl (C=O) groups is 1. The van der Waals surface area contributed by atoms with Crippen LogP contribution in [0.1, 0.15) is 61.2 Å². The zero-order valence-electron chi connectivity index (χ0n) is 30.6. The summed E-state index contributed by atoms with van der Waals surface area (Å²) in [6.45, 7) is 5.64. The third kappa shape index (κ3) is 6.51. The number of esters is 1. The van der Waals surface area contributed by atoms with E-state index in [1.54, 1.807) is 19.2 Å². The SMILES string of the molecule is CCOC(=O)C1CCN(C2CCc3cc(-c4cccc(-c5cccc(Nc6nc(C(F)F)nc7c6c(=O)n(C)c(=O)n7C)c5C)c4Cl)nc(OC)c32)CC1. The number of fused-ring (bicyclic) bond motifs is 2. The molecule has 54 heavy (non-hydrogen) atoms. The highest BCUT2D eigenvalue weighted by Gasteiger charge is 2.36. The Morgan fingerprint density at radius 1 is 1.00 bits per heavy atom. The first-order chi connectivity index (χ1) is 25.9. The third-order valence-corrected chi connectivity index (χ3v) is 11.0. The normalized spacial score (nSPS) is 16.2. The maximum absolute atomic E-state index is 13.9. The molecule has 4 heterocycles. The molecule has 7 rings (SSSR count). The predicted molar refractivity (Wildman–Crippen MR) is 202 cm³/mol. The second kappa shape index (κ2) is 14.9. The van der Waals surface area contributed by atoms with E-state index in [1.807, 2.05) is 38.1 Å². The van der Waals surface area contributed by atoms with Crippen molar-refractivity contribution in [2.75, 3.05) is 32.1 Å². The summed E-state index contributed by atoms with van der Waals surface area (Å²) in [6, 6.07) is 13.3. The van der Waals surface area contributed by atoms with Crippen molar-refractivity contribution < 1.29 is 23.0 Å². The van der Waals surface area contributed by atoms with Gasteiger partial charge in [-0.15, -0.1) is 0 Å². The van der Waals surface area contributed by atoms with Gasteiger partial charge in [0.25, 0.3) is 12.0 Å². The van der Waals surface area contributed by atoms with Crippen LogP contribution in [0.15, 0.2) is 52.1 Å². The van der Waals surface area contributed by atoms with Gasteiger partial charge in [-0.25, -0.2) is 28.5 Å². The molecule has 1 aliphatic heterocycles. The van der Waals surface area contributed by atoms with Gasteiger partial charge in [0.05, 0.1) is 30.4 Å². The van der Waals surface area contributed by atoms with Gasteiger partial charge in [0, 0.05) is 42.5 Å². The second-order valence-electron chi connectivity index (χ2n) is 13.6. The summed E-state index contributed by atoms with van der Waals surface area (Å²) in [6.07, 6.45) is 0.217. The van der Waals surface area contributed by atoms with Crippen molar-refractivity contribution in [1.82, 2.24) is 29.0 Å². The lowest BCUT2D eigenvalue weighted by Gasteiger charge is -2.35. The highest BCUT2D eigenvalue weighted by molar-refractivity contribution is 6.36. The summed E-state index contributed by atoms with van der Waals surface area (Å²) in [7, 11) is 4.28. The maximum Gasteiger partial charge on any atom is 0.332 e. The van der Waals surface area contributed by atoms with Gasteiger partial charge < -0.3 is 14.8 Å². The first-order valence-corrected chi connectivity index (χ1v) is 18.2. The number of nitrogens with one attached hydrogen (secondary N) is 1. The van der Waals surface area contributed by atoms with Crippen molar-refractivity contribution in [1.29, 1.82) is 0 Å². The molecule has 282 valence electrons. The van der Waals surface area contributed by atoms with Crippen molar-refractivity contribution >= 4 is 40.1 Å². The van der Waals surface area contributed by atoms with E-state index in [1.165, 1.54) is 14.1 Å². The lowest BCUT2D eigenvalue weighted by Crippen LogP contribution is -2.38. The third-order valence-electron chi connectivity index (χ3n) is 10.6.